The van der Waals surface area contributed by atoms with Gasteiger partial charge in [0, 0.05) is 12.1 Å². The molecule has 1 heterocycles. The first-order valence-electron chi connectivity index (χ1n) is 5.17. The molecule has 1 aromatic rings. The van der Waals surface area contributed by atoms with Gasteiger partial charge in [-0.2, -0.15) is 0 Å². The standard InChI is InChI=1S/C11H11N3O4/c1-17-10(15)8-9(11(16)18-2)14(13-12-8)7-5-3-4-6-7/h3-5H,6H2,1-2H3. The number of ether oxygens (including phenoxy) is 2. The van der Waals surface area contributed by atoms with Crippen molar-refractivity contribution in [1.29, 1.82) is 0 Å². The Kier molecular flexibility index (Phi) is 3.22. The van der Waals surface area contributed by atoms with Crippen LogP contribution in [0, 0.1) is 0 Å². The zero-order valence-corrected chi connectivity index (χ0v) is 9.91. The van der Waals surface area contributed by atoms with Gasteiger partial charge in [-0.3, -0.25) is 0 Å². The van der Waals surface area contributed by atoms with E-state index in [2.05, 4.69) is 19.8 Å². The Hall–Kier alpha value is -2.44. The van der Waals surface area contributed by atoms with Crippen LogP contribution in [-0.2, 0) is 9.47 Å². The van der Waals surface area contributed by atoms with E-state index in [0.717, 1.165) is 5.70 Å². The second-order valence-corrected chi connectivity index (χ2v) is 3.47. The Morgan fingerprint density at radius 3 is 2.56 bits per heavy atom. The maximum absolute atomic E-state index is 11.7. The lowest BCUT2D eigenvalue weighted by Crippen LogP contribution is -2.15. The van der Waals surface area contributed by atoms with E-state index in [-0.39, 0.29) is 11.4 Å². The number of esters is 2. The van der Waals surface area contributed by atoms with Gasteiger partial charge in [0.1, 0.15) is 0 Å². The summed E-state index contributed by atoms with van der Waals surface area (Å²) in [5.41, 5.74) is 0.550. The topological polar surface area (TPSA) is 83.3 Å². The minimum absolute atomic E-state index is 0.0284. The molecule has 0 radical (unpaired) electrons. The van der Waals surface area contributed by atoms with Crippen molar-refractivity contribution in [3.63, 3.8) is 0 Å². The molecule has 0 N–H and O–H groups in total. The van der Waals surface area contributed by atoms with Crippen molar-refractivity contribution < 1.29 is 19.1 Å². The third-order valence-electron chi connectivity index (χ3n) is 2.45. The minimum atomic E-state index is -0.729. The first kappa shape index (κ1) is 12.0. The number of hydrogen-bond acceptors (Lipinski definition) is 6. The molecule has 18 heavy (non-hydrogen) atoms. The minimum Gasteiger partial charge on any atom is -0.464 e. The molecule has 7 heteroatoms. The Morgan fingerprint density at radius 2 is 2.00 bits per heavy atom. The van der Waals surface area contributed by atoms with Gasteiger partial charge in [0.05, 0.1) is 14.2 Å². The predicted molar refractivity (Wildman–Crippen MR) is 60.7 cm³/mol. The summed E-state index contributed by atoms with van der Waals surface area (Å²) in [7, 11) is 2.43. The van der Waals surface area contributed by atoms with Crippen molar-refractivity contribution in [2.24, 2.45) is 0 Å². The number of methoxy groups -OCH3 is 2. The Balaban J connectivity index is 2.51. The quantitative estimate of drug-likeness (QED) is 0.731. The molecule has 0 spiro atoms. The first-order valence-corrected chi connectivity index (χ1v) is 5.17. The highest BCUT2D eigenvalue weighted by molar-refractivity contribution is 6.01. The lowest BCUT2D eigenvalue weighted by Gasteiger charge is -2.05. The summed E-state index contributed by atoms with van der Waals surface area (Å²) in [4.78, 5) is 23.2. The van der Waals surface area contributed by atoms with E-state index in [0.29, 0.717) is 6.42 Å². The summed E-state index contributed by atoms with van der Waals surface area (Å²) in [6, 6.07) is 0. The molecule has 1 aliphatic rings. The number of aromatic nitrogens is 3. The molecular weight excluding hydrogens is 238 g/mol. The maximum Gasteiger partial charge on any atom is 0.361 e. The molecule has 0 amide bonds. The van der Waals surface area contributed by atoms with E-state index in [4.69, 9.17) is 0 Å². The molecule has 0 bridgehead atoms. The third-order valence-corrected chi connectivity index (χ3v) is 2.45. The lowest BCUT2D eigenvalue weighted by atomic mass is 10.3. The molecule has 0 fully saturated rings. The van der Waals surface area contributed by atoms with Crippen molar-refractivity contribution in [2.45, 2.75) is 6.42 Å². The van der Waals surface area contributed by atoms with Crippen LogP contribution >= 0.6 is 0 Å². The van der Waals surface area contributed by atoms with Gasteiger partial charge in [0.15, 0.2) is 5.69 Å². The monoisotopic (exact) mass is 249 g/mol. The van der Waals surface area contributed by atoms with Crippen molar-refractivity contribution in [3.8, 4) is 0 Å². The largest absolute Gasteiger partial charge is 0.464 e. The summed E-state index contributed by atoms with van der Waals surface area (Å²) in [6.07, 6.45) is 6.11. The second-order valence-electron chi connectivity index (χ2n) is 3.47. The van der Waals surface area contributed by atoms with Crippen LogP contribution in [0.2, 0.25) is 0 Å². The molecule has 0 aliphatic heterocycles. The van der Waals surface area contributed by atoms with Gasteiger partial charge in [0.25, 0.3) is 0 Å². The fourth-order valence-corrected chi connectivity index (χ4v) is 1.59. The zero-order valence-electron chi connectivity index (χ0n) is 9.91. The third kappa shape index (κ3) is 1.90. The smallest absolute Gasteiger partial charge is 0.361 e. The van der Waals surface area contributed by atoms with Gasteiger partial charge in [-0.1, -0.05) is 17.4 Å². The average molecular weight is 249 g/mol. The molecule has 0 saturated carbocycles. The van der Waals surface area contributed by atoms with E-state index in [1.165, 1.54) is 18.9 Å². The normalized spacial score (nSPS) is 13.3. The number of rotatable bonds is 3. The van der Waals surface area contributed by atoms with Crippen LogP contribution < -0.4 is 0 Å². The SMILES string of the molecule is COC(=O)c1nnn(C2=CC=CC2)c1C(=O)OC. The number of allylic oxidation sites excluding steroid dienone is 4. The van der Waals surface area contributed by atoms with Crippen molar-refractivity contribution in [1.82, 2.24) is 15.0 Å². The fourth-order valence-electron chi connectivity index (χ4n) is 1.59. The van der Waals surface area contributed by atoms with Crippen LogP contribution in [0.3, 0.4) is 0 Å². The molecule has 0 saturated heterocycles. The zero-order chi connectivity index (χ0) is 13.1. The fraction of sp³-hybridized carbons (Fsp3) is 0.273. The van der Waals surface area contributed by atoms with Crippen LogP contribution in [0.1, 0.15) is 27.4 Å². The van der Waals surface area contributed by atoms with E-state index in [1.807, 2.05) is 12.2 Å². The second kappa shape index (κ2) is 4.82. The molecule has 0 unspecified atom stereocenters. The maximum atomic E-state index is 11.7. The van der Waals surface area contributed by atoms with Gasteiger partial charge in [0.2, 0.25) is 5.69 Å². The van der Waals surface area contributed by atoms with Crippen molar-refractivity contribution in [3.05, 3.63) is 29.6 Å². The van der Waals surface area contributed by atoms with Crippen LogP contribution in [0.25, 0.3) is 5.70 Å². The van der Waals surface area contributed by atoms with Crippen molar-refractivity contribution >= 4 is 17.6 Å². The molecule has 0 atom stereocenters. The number of hydrogen-bond donors (Lipinski definition) is 0. The predicted octanol–water partition coefficient (Wildman–Crippen LogP) is 0.652. The molecule has 0 aromatic carbocycles. The van der Waals surface area contributed by atoms with Crippen LogP contribution in [-0.4, -0.2) is 41.2 Å². The summed E-state index contributed by atoms with van der Waals surface area (Å²) in [5.74, 6) is -1.42. The highest BCUT2D eigenvalue weighted by Gasteiger charge is 2.28. The Morgan fingerprint density at radius 1 is 1.28 bits per heavy atom. The van der Waals surface area contributed by atoms with E-state index in [9.17, 15) is 9.59 Å². The first-order chi connectivity index (χ1) is 8.69. The van der Waals surface area contributed by atoms with Crippen LogP contribution in [0.4, 0.5) is 0 Å². The number of carbonyl (C=O) groups excluding carboxylic acids is 2. The summed E-state index contributed by atoms with van der Waals surface area (Å²) < 4.78 is 10.5. The van der Waals surface area contributed by atoms with Gasteiger partial charge in [-0.25, -0.2) is 14.3 Å². The number of nitrogens with zero attached hydrogens (tertiary/aromatic N) is 3. The van der Waals surface area contributed by atoms with Gasteiger partial charge < -0.3 is 9.47 Å². The molecule has 1 aliphatic carbocycles. The number of carbonyl (C=O) groups is 2. The average Bonchev–Trinajstić information content (AvgIpc) is 3.04. The van der Waals surface area contributed by atoms with E-state index >= 15 is 0 Å². The summed E-state index contributed by atoms with van der Waals surface area (Å²) >= 11 is 0. The Labute approximate surface area is 103 Å². The summed E-state index contributed by atoms with van der Waals surface area (Å²) in [5, 5.41) is 7.46. The molecule has 94 valence electrons. The highest BCUT2D eigenvalue weighted by atomic mass is 16.5. The molecular formula is C11H11N3O4. The van der Waals surface area contributed by atoms with Gasteiger partial charge >= 0.3 is 11.9 Å². The Bertz CT molecular complexity index is 557. The molecule has 2 rings (SSSR count). The molecule has 7 nitrogen and oxygen atoms in total. The van der Waals surface area contributed by atoms with Gasteiger partial charge in [-0.05, 0) is 6.08 Å². The van der Waals surface area contributed by atoms with E-state index in [1.54, 1.807) is 6.08 Å². The summed E-state index contributed by atoms with van der Waals surface area (Å²) in [6.45, 7) is 0. The van der Waals surface area contributed by atoms with Gasteiger partial charge in [-0.15, -0.1) is 5.10 Å². The lowest BCUT2D eigenvalue weighted by molar-refractivity contribution is 0.0546. The highest BCUT2D eigenvalue weighted by Crippen LogP contribution is 2.20. The van der Waals surface area contributed by atoms with Crippen LogP contribution in [0.5, 0.6) is 0 Å². The van der Waals surface area contributed by atoms with Crippen molar-refractivity contribution in [2.75, 3.05) is 14.2 Å². The van der Waals surface area contributed by atoms with E-state index < -0.39 is 11.9 Å². The van der Waals surface area contributed by atoms with Crippen LogP contribution in [0.15, 0.2) is 18.2 Å². The molecule has 1 aromatic heterocycles.